The van der Waals surface area contributed by atoms with Crippen molar-refractivity contribution in [2.45, 2.75) is 33.2 Å². The lowest BCUT2D eigenvalue weighted by Gasteiger charge is -2.35. The topological polar surface area (TPSA) is 80.0 Å². The van der Waals surface area contributed by atoms with Gasteiger partial charge in [-0.1, -0.05) is 26.0 Å². The summed E-state index contributed by atoms with van der Waals surface area (Å²) in [6.45, 7) is 9.75. The fourth-order valence-electron chi connectivity index (χ4n) is 3.57. The minimum Gasteiger partial charge on any atom is -0.353 e. The van der Waals surface area contributed by atoms with Crippen molar-refractivity contribution in [3.8, 4) is 0 Å². The molecule has 156 valence electrons. The number of rotatable bonds is 5. The summed E-state index contributed by atoms with van der Waals surface area (Å²) in [4.78, 5) is 30.3. The third kappa shape index (κ3) is 4.48. The Kier molecular flexibility index (Phi) is 5.74. The Morgan fingerprint density at radius 3 is 2.43 bits per heavy atom. The number of aryl methyl sites for hydroxylation is 1. The van der Waals surface area contributed by atoms with E-state index in [0.29, 0.717) is 31.1 Å². The molecule has 0 bridgehead atoms. The Morgan fingerprint density at radius 2 is 1.80 bits per heavy atom. The smallest absolute Gasteiger partial charge is 0.253 e. The molecule has 3 heterocycles. The minimum absolute atomic E-state index is 0.0729. The molecule has 0 N–H and O–H groups in total. The molecule has 1 aliphatic heterocycles. The molecule has 0 radical (unpaired) electrons. The van der Waals surface area contributed by atoms with E-state index in [1.165, 1.54) is 6.33 Å². The fraction of sp³-hybridized carbons (Fsp3) is 0.409. The second-order valence-electron chi connectivity index (χ2n) is 7.95. The standard InChI is InChI=1S/C22H27N7O/c1-16(2)21-25-17(3)12-20(26-21)27-8-10-28(11-9-27)22(30)19-6-4-18(5-7-19)13-29-15-23-14-24-29/h4-7,12,14-16H,8-11,13H2,1-3H3. The van der Waals surface area contributed by atoms with Crippen LogP contribution in [0.25, 0.3) is 0 Å². The highest BCUT2D eigenvalue weighted by molar-refractivity contribution is 5.94. The first-order valence-electron chi connectivity index (χ1n) is 10.3. The first kappa shape index (κ1) is 20.0. The molecular weight excluding hydrogens is 378 g/mol. The normalized spacial score (nSPS) is 14.4. The predicted octanol–water partition coefficient (Wildman–Crippen LogP) is 2.51. The van der Waals surface area contributed by atoms with Crippen molar-refractivity contribution < 1.29 is 4.79 Å². The monoisotopic (exact) mass is 405 g/mol. The van der Waals surface area contributed by atoms with Crippen LogP contribution in [0, 0.1) is 6.92 Å². The molecule has 4 rings (SSSR count). The summed E-state index contributed by atoms with van der Waals surface area (Å²) in [6, 6.07) is 9.76. The fourth-order valence-corrected chi connectivity index (χ4v) is 3.57. The van der Waals surface area contributed by atoms with Gasteiger partial charge < -0.3 is 9.80 Å². The molecule has 1 aromatic carbocycles. The second kappa shape index (κ2) is 8.61. The highest BCUT2D eigenvalue weighted by atomic mass is 16.2. The molecule has 30 heavy (non-hydrogen) atoms. The number of carbonyl (C=O) groups excluding carboxylic acids is 1. The predicted molar refractivity (Wildman–Crippen MR) is 115 cm³/mol. The van der Waals surface area contributed by atoms with Crippen molar-refractivity contribution in [1.82, 2.24) is 29.6 Å². The number of anilines is 1. The maximum Gasteiger partial charge on any atom is 0.253 e. The summed E-state index contributed by atoms with van der Waals surface area (Å²) < 4.78 is 1.76. The SMILES string of the molecule is Cc1cc(N2CCN(C(=O)c3ccc(Cn4cncn4)cc3)CC2)nc(C(C)C)n1. The van der Waals surface area contributed by atoms with E-state index < -0.39 is 0 Å². The summed E-state index contributed by atoms with van der Waals surface area (Å²) in [5, 5.41) is 4.11. The van der Waals surface area contributed by atoms with Gasteiger partial charge >= 0.3 is 0 Å². The van der Waals surface area contributed by atoms with Gasteiger partial charge in [0.05, 0.1) is 6.54 Å². The van der Waals surface area contributed by atoms with Crippen LogP contribution in [-0.2, 0) is 6.54 Å². The lowest BCUT2D eigenvalue weighted by Crippen LogP contribution is -2.49. The number of carbonyl (C=O) groups is 1. The van der Waals surface area contributed by atoms with Gasteiger partial charge in [-0.25, -0.2) is 19.6 Å². The van der Waals surface area contributed by atoms with Crippen LogP contribution in [0.15, 0.2) is 43.0 Å². The van der Waals surface area contributed by atoms with Gasteiger partial charge in [-0.2, -0.15) is 5.10 Å². The van der Waals surface area contributed by atoms with Gasteiger partial charge in [0.2, 0.25) is 0 Å². The Hall–Kier alpha value is -3.29. The zero-order valence-electron chi connectivity index (χ0n) is 17.7. The Morgan fingerprint density at radius 1 is 1.07 bits per heavy atom. The Labute approximate surface area is 176 Å². The summed E-state index contributed by atoms with van der Waals surface area (Å²) in [5.41, 5.74) is 2.78. The molecule has 0 spiro atoms. The molecule has 0 aliphatic carbocycles. The number of piperazine rings is 1. The maximum absolute atomic E-state index is 12.9. The molecule has 1 aliphatic rings. The zero-order chi connectivity index (χ0) is 21.1. The van der Waals surface area contributed by atoms with Crippen molar-refractivity contribution in [1.29, 1.82) is 0 Å². The summed E-state index contributed by atoms with van der Waals surface area (Å²) in [7, 11) is 0. The molecule has 8 nitrogen and oxygen atoms in total. The van der Waals surface area contributed by atoms with E-state index in [-0.39, 0.29) is 5.91 Å². The second-order valence-corrected chi connectivity index (χ2v) is 7.95. The lowest BCUT2D eigenvalue weighted by molar-refractivity contribution is 0.0746. The molecule has 3 aromatic rings. The van der Waals surface area contributed by atoms with Gasteiger partial charge in [0.1, 0.15) is 24.3 Å². The van der Waals surface area contributed by atoms with Gasteiger partial charge in [0.25, 0.3) is 5.91 Å². The number of amides is 1. The van der Waals surface area contributed by atoms with Gasteiger partial charge in [0, 0.05) is 49.4 Å². The van der Waals surface area contributed by atoms with Crippen molar-refractivity contribution in [2.24, 2.45) is 0 Å². The first-order chi connectivity index (χ1) is 14.5. The van der Waals surface area contributed by atoms with E-state index in [4.69, 9.17) is 4.98 Å². The number of hydrogen-bond acceptors (Lipinski definition) is 6. The van der Waals surface area contributed by atoms with Crippen LogP contribution in [-0.4, -0.2) is 61.7 Å². The molecule has 2 aromatic heterocycles. The average Bonchev–Trinajstić information content (AvgIpc) is 3.26. The summed E-state index contributed by atoms with van der Waals surface area (Å²) in [5.74, 6) is 2.19. The van der Waals surface area contributed by atoms with Gasteiger partial charge in [-0.15, -0.1) is 0 Å². The van der Waals surface area contributed by atoms with Crippen LogP contribution in [0.1, 0.15) is 47.2 Å². The summed E-state index contributed by atoms with van der Waals surface area (Å²) in [6.07, 6.45) is 3.20. The number of benzene rings is 1. The highest BCUT2D eigenvalue weighted by Gasteiger charge is 2.23. The molecule has 0 atom stereocenters. The van der Waals surface area contributed by atoms with Crippen LogP contribution < -0.4 is 4.90 Å². The van der Waals surface area contributed by atoms with Gasteiger partial charge in [-0.3, -0.25) is 4.79 Å². The van der Waals surface area contributed by atoms with E-state index >= 15 is 0 Å². The van der Waals surface area contributed by atoms with E-state index in [9.17, 15) is 4.79 Å². The van der Waals surface area contributed by atoms with Crippen LogP contribution >= 0.6 is 0 Å². The molecule has 0 saturated carbocycles. The molecule has 1 saturated heterocycles. The van der Waals surface area contributed by atoms with E-state index in [0.717, 1.165) is 36.0 Å². The average molecular weight is 406 g/mol. The first-order valence-corrected chi connectivity index (χ1v) is 10.3. The molecule has 1 amide bonds. The highest BCUT2D eigenvalue weighted by Crippen LogP contribution is 2.19. The van der Waals surface area contributed by atoms with E-state index in [1.807, 2.05) is 42.2 Å². The van der Waals surface area contributed by atoms with Crippen LogP contribution in [0.4, 0.5) is 5.82 Å². The molecule has 8 heteroatoms. The Balaban J connectivity index is 1.37. The summed E-state index contributed by atoms with van der Waals surface area (Å²) >= 11 is 0. The third-order valence-electron chi connectivity index (χ3n) is 5.28. The quantitative estimate of drug-likeness (QED) is 0.649. The number of nitrogens with zero attached hydrogens (tertiary/aromatic N) is 7. The van der Waals surface area contributed by atoms with Crippen molar-refractivity contribution in [3.05, 3.63) is 65.6 Å². The minimum atomic E-state index is 0.0729. The molecular formula is C22H27N7O. The molecule has 0 unspecified atom stereocenters. The van der Waals surface area contributed by atoms with E-state index in [1.54, 1.807) is 11.0 Å². The van der Waals surface area contributed by atoms with Crippen LogP contribution in [0.2, 0.25) is 0 Å². The van der Waals surface area contributed by atoms with Crippen molar-refractivity contribution in [3.63, 3.8) is 0 Å². The van der Waals surface area contributed by atoms with E-state index in [2.05, 4.69) is 33.8 Å². The zero-order valence-corrected chi connectivity index (χ0v) is 17.7. The maximum atomic E-state index is 12.9. The number of hydrogen-bond donors (Lipinski definition) is 0. The lowest BCUT2D eigenvalue weighted by atomic mass is 10.1. The van der Waals surface area contributed by atoms with Crippen LogP contribution in [0.3, 0.4) is 0 Å². The van der Waals surface area contributed by atoms with Gasteiger partial charge in [-0.05, 0) is 24.6 Å². The Bertz CT molecular complexity index is 991. The van der Waals surface area contributed by atoms with Gasteiger partial charge in [0.15, 0.2) is 0 Å². The largest absolute Gasteiger partial charge is 0.353 e. The number of aromatic nitrogens is 5. The third-order valence-corrected chi connectivity index (χ3v) is 5.28. The van der Waals surface area contributed by atoms with Crippen molar-refractivity contribution in [2.75, 3.05) is 31.1 Å². The van der Waals surface area contributed by atoms with Crippen molar-refractivity contribution >= 4 is 11.7 Å². The van der Waals surface area contributed by atoms with Crippen LogP contribution in [0.5, 0.6) is 0 Å². The molecule has 1 fully saturated rings.